The molecule has 0 saturated carbocycles. The standard InChI is InChI=1S/C37H38N2O10/c1-44-32-19-16-28(21-31(35(41)46-3)39-37(43)48-24-27-12-8-5-9-13-27)22-33(32)49-29-17-14-25(15-18-29)20-30(34(40)45-2)38-36(42)47-23-26-10-6-4-7-11-26/h4-19,22,30-31H,20-21,23-24H2,1-3H3,(H,38,42)(H,39,43)/t30-,31-/m1/s1. The van der Waals surface area contributed by atoms with Gasteiger partial charge in [0.15, 0.2) is 11.5 Å². The second kappa shape index (κ2) is 18.3. The van der Waals surface area contributed by atoms with Gasteiger partial charge in [-0.25, -0.2) is 19.2 Å². The topological polar surface area (TPSA) is 148 Å². The summed E-state index contributed by atoms with van der Waals surface area (Å²) in [5, 5.41) is 5.13. The molecule has 2 atom stereocenters. The van der Waals surface area contributed by atoms with Gasteiger partial charge in [-0.2, -0.15) is 0 Å². The van der Waals surface area contributed by atoms with E-state index in [4.69, 9.17) is 28.4 Å². The number of rotatable bonds is 15. The predicted molar refractivity (Wildman–Crippen MR) is 178 cm³/mol. The summed E-state index contributed by atoms with van der Waals surface area (Å²) in [7, 11) is 3.98. The number of methoxy groups -OCH3 is 3. The second-order valence-corrected chi connectivity index (χ2v) is 10.7. The number of nitrogens with one attached hydrogen (secondary N) is 2. The van der Waals surface area contributed by atoms with E-state index in [2.05, 4.69) is 10.6 Å². The van der Waals surface area contributed by atoms with Crippen LogP contribution < -0.4 is 20.1 Å². The molecule has 0 heterocycles. The highest BCUT2D eigenvalue weighted by Gasteiger charge is 2.25. The lowest BCUT2D eigenvalue weighted by Crippen LogP contribution is -2.43. The number of carbonyl (C=O) groups excluding carboxylic acids is 4. The molecule has 2 amide bonds. The lowest BCUT2D eigenvalue weighted by Gasteiger charge is -2.18. The molecule has 0 saturated heterocycles. The summed E-state index contributed by atoms with van der Waals surface area (Å²) in [6, 6.07) is 28.3. The lowest BCUT2D eigenvalue weighted by molar-refractivity contribution is -0.143. The van der Waals surface area contributed by atoms with Gasteiger partial charge < -0.3 is 39.1 Å². The van der Waals surface area contributed by atoms with Crippen LogP contribution in [0.4, 0.5) is 9.59 Å². The van der Waals surface area contributed by atoms with Crippen molar-refractivity contribution in [2.24, 2.45) is 0 Å². The van der Waals surface area contributed by atoms with Crippen molar-refractivity contribution in [3.63, 3.8) is 0 Å². The zero-order chi connectivity index (χ0) is 35.0. The Kier molecular flexibility index (Phi) is 13.4. The first-order valence-corrected chi connectivity index (χ1v) is 15.3. The quantitative estimate of drug-likeness (QED) is 0.123. The first-order valence-electron chi connectivity index (χ1n) is 15.3. The Balaban J connectivity index is 1.38. The van der Waals surface area contributed by atoms with Crippen LogP contribution in [-0.2, 0) is 54.6 Å². The highest BCUT2D eigenvalue weighted by atomic mass is 16.6. The lowest BCUT2D eigenvalue weighted by atomic mass is 10.0. The van der Waals surface area contributed by atoms with E-state index in [9.17, 15) is 19.2 Å². The summed E-state index contributed by atoms with van der Waals surface area (Å²) in [5.41, 5.74) is 2.98. The molecule has 49 heavy (non-hydrogen) atoms. The molecule has 4 rings (SSSR count). The van der Waals surface area contributed by atoms with E-state index < -0.39 is 36.2 Å². The fourth-order valence-electron chi connectivity index (χ4n) is 4.70. The summed E-state index contributed by atoms with van der Waals surface area (Å²) >= 11 is 0. The normalized spacial score (nSPS) is 11.7. The maximum atomic E-state index is 12.5. The molecule has 2 N–H and O–H groups in total. The SMILES string of the molecule is COC(=O)[C@@H](Cc1ccc(Oc2cc(C[C@@H](NC(=O)OCc3ccccc3)C(=O)OC)ccc2OC)cc1)NC(=O)OCc1ccccc1. The van der Waals surface area contributed by atoms with Gasteiger partial charge in [-0.15, -0.1) is 0 Å². The average Bonchev–Trinajstić information content (AvgIpc) is 3.13. The molecule has 12 heteroatoms. The minimum Gasteiger partial charge on any atom is -0.493 e. The maximum Gasteiger partial charge on any atom is 0.408 e. The van der Waals surface area contributed by atoms with Gasteiger partial charge in [0.1, 0.15) is 31.0 Å². The van der Waals surface area contributed by atoms with Crippen LogP contribution in [0.5, 0.6) is 17.2 Å². The number of esters is 2. The van der Waals surface area contributed by atoms with Crippen LogP contribution >= 0.6 is 0 Å². The van der Waals surface area contributed by atoms with Crippen LogP contribution in [0.2, 0.25) is 0 Å². The van der Waals surface area contributed by atoms with Crippen molar-refractivity contribution in [1.82, 2.24) is 10.6 Å². The van der Waals surface area contributed by atoms with Gasteiger partial charge in [0.2, 0.25) is 0 Å². The van der Waals surface area contributed by atoms with Crippen molar-refractivity contribution < 1.29 is 47.6 Å². The van der Waals surface area contributed by atoms with Gasteiger partial charge in [-0.05, 0) is 46.5 Å². The average molecular weight is 671 g/mol. The molecular formula is C37H38N2O10. The van der Waals surface area contributed by atoms with Crippen LogP contribution in [-0.4, -0.2) is 57.5 Å². The predicted octanol–water partition coefficient (Wildman–Crippen LogP) is 5.51. The second-order valence-electron chi connectivity index (χ2n) is 10.7. The molecule has 256 valence electrons. The highest BCUT2D eigenvalue weighted by molar-refractivity contribution is 5.82. The number of hydrogen-bond donors (Lipinski definition) is 2. The van der Waals surface area contributed by atoms with E-state index in [1.54, 1.807) is 42.5 Å². The number of benzene rings is 4. The van der Waals surface area contributed by atoms with Crippen molar-refractivity contribution >= 4 is 24.1 Å². The highest BCUT2D eigenvalue weighted by Crippen LogP contribution is 2.33. The molecule has 0 radical (unpaired) electrons. The van der Waals surface area contributed by atoms with Crippen molar-refractivity contribution in [3.05, 3.63) is 125 Å². The Morgan fingerprint density at radius 1 is 0.551 bits per heavy atom. The van der Waals surface area contributed by atoms with E-state index in [-0.39, 0.29) is 26.1 Å². The third-order valence-corrected chi connectivity index (χ3v) is 7.24. The van der Waals surface area contributed by atoms with Crippen LogP contribution in [0.15, 0.2) is 103 Å². The van der Waals surface area contributed by atoms with Crippen molar-refractivity contribution in [2.45, 2.75) is 38.1 Å². The minimum absolute atomic E-state index is 0.0427. The molecule has 0 unspecified atom stereocenters. The van der Waals surface area contributed by atoms with Gasteiger partial charge in [-0.3, -0.25) is 0 Å². The summed E-state index contributed by atoms with van der Waals surface area (Å²) in [5.74, 6) is -0.0198. The van der Waals surface area contributed by atoms with Crippen molar-refractivity contribution in [3.8, 4) is 17.2 Å². The first-order chi connectivity index (χ1) is 23.8. The zero-order valence-corrected chi connectivity index (χ0v) is 27.4. The fourth-order valence-corrected chi connectivity index (χ4v) is 4.70. The summed E-state index contributed by atoms with van der Waals surface area (Å²) < 4.78 is 31.9. The van der Waals surface area contributed by atoms with Crippen molar-refractivity contribution in [2.75, 3.05) is 21.3 Å². The molecule has 4 aromatic carbocycles. The molecule has 0 aliphatic rings. The summed E-state index contributed by atoms with van der Waals surface area (Å²) in [6.45, 7) is 0.0967. The molecule has 0 spiro atoms. The van der Waals surface area contributed by atoms with E-state index in [0.29, 0.717) is 22.8 Å². The number of alkyl carbamates (subject to hydrolysis) is 2. The smallest absolute Gasteiger partial charge is 0.408 e. The molecule has 4 aromatic rings. The number of ether oxygens (including phenoxy) is 6. The molecule has 0 fully saturated rings. The third-order valence-electron chi connectivity index (χ3n) is 7.24. The largest absolute Gasteiger partial charge is 0.493 e. The van der Waals surface area contributed by atoms with Gasteiger partial charge in [0.25, 0.3) is 0 Å². The van der Waals surface area contributed by atoms with Gasteiger partial charge in [0, 0.05) is 12.8 Å². The van der Waals surface area contributed by atoms with Crippen LogP contribution in [0.1, 0.15) is 22.3 Å². The number of carbonyl (C=O) groups is 4. The molecule has 0 aliphatic heterocycles. The monoisotopic (exact) mass is 670 g/mol. The zero-order valence-electron chi connectivity index (χ0n) is 27.4. The maximum absolute atomic E-state index is 12.5. The molecule has 0 aliphatic carbocycles. The molecule has 12 nitrogen and oxygen atoms in total. The Morgan fingerprint density at radius 2 is 1.02 bits per heavy atom. The van der Waals surface area contributed by atoms with Crippen LogP contribution in [0, 0.1) is 0 Å². The Labute approximate surface area is 284 Å². The van der Waals surface area contributed by atoms with Crippen LogP contribution in [0.25, 0.3) is 0 Å². The van der Waals surface area contributed by atoms with E-state index in [0.717, 1.165) is 16.7 Å². The van der Waals surface area contributed by atoms with E-state index >= 15 is 0 Å². The van der Waals surface area contributed by atoms with Gasteiger partial charge >= 0.3 is 24.1 Å². The third kappa shape index (κ3) is 11.3. The van der Waals surface area contributed by atoms with Crippen LogP contribution in [0.3, 0.4) is 0 Å². The summed E-state index contributed by atoms with van der Waals surface area (Å²) in [4.78, 5) is 49.9. The Morgan fingerprint density at radius 3 is 1.49 bits per heavy atom. The summed E-state index contributed by atoms with van der Waals surface area (Å²) in [6.07, 6.45) is -1.29. The Bertz CT molecular complexity index is 1680. The number of hydrogen-bond acceptors (Lipinski definition) is 10. The first kappa shape index (κ1) is 35.8. The molecule has 0 bridgehead atoms. The van der Waals surface area contributed by atoms with E-state index in [1.807, 2.05) is 60.7 Å². The fraction of sp³-hybridized carbons (Fsp3) is 0.243. The molecular weight excluding hydrogens is 632 g/mol. The van der Waals surface area contributed by atoms with Gasteiger partial charge in [-0.1, -0.05) is 78.9 Å². The number of amides is 2. The van der Waals surface area contributed by atoms with Gasteiger partial charge in [0.05, 0.1) is 21.3 Å². The minimum atomic E-state index is -1.03. The Hall–Kier alpha value is -6.04. The molecule has 0 aromatic heterocycles. The van der Waals surface area contributed by atoms with E-state index in [1.165, 1.54) is 21.3 Å². The van der Waals surface area contributed by atoms with Crippen molar-refractivity contribution in [1.29, 1.82) is 0 Å².